The van der Waals surface area contributed by atoms with Gasteiger partial charge in [0, 0.05) is 5.56 Å². The first-order valence-corrected chi connectivity index (χ1v) is 5.89. The zero-order chi connectivity index (χ0) is 9.64. The van der Waals surface area contributed by atoms with E-state index in [1.807, 2.05) is 0 Å². The van der Waals surface area contributed by atoms with Crippen LogP contribution in [0.3, 0.4) is 0 Å². The van der Waals surface area contributed by atoms with Crippen LogP contribution < -0.4 is 5.73 Å². The van der Waals surface area contributed by atoms with Gasteiger partial charge in [-0.15, -0.1) is 0 Å². The SMILES string of the molecule is Cc1oc2c(c1N)CCS(=O)(=O)C2. The summed E-state index contributed by atoms with van der Waals surface area (Å²) in [7, 11) is -2.95. The highest BCUT2D eigenvalue weighted by Crippen LogP contribution is 2.30. The van der Waals surface area contributed by atoms with Crippen molar-refractivity contribution in [1.29, 1.82) is 0 Å². The summed E-state index contributed by atoms with van der Waals surface area (Å²) in [5.41, 5.74) is 7.22. The van der Waals surface area contributed by atoms with Crippen LogP contribution in [0.5, 0.6) is 0 Å². The van der Waals surface area contributed by atoms with Gasteiger partial charge in [-0.2, -0.15) is 0 Å². The van der Waals surface area contributed by atoms with E-state index < -0.39 is 9.84 Å². The number of nitrogen functional groups attached to an aromatic ring is 1. The van der Waals surface area contributed by atoms with Crippen molar-refractivity contribution in [2.45, 2.75) is 19.1 Å². The van der Waals surface area contributed by atoms with Gasteiger partial charge in [-0.3, -0.25) is 0 Å². The summed E-state index contributed by atoms with van der Waals surface area (Å²) in [6.07, 6.45) is 0.487. The van der Waals surface area contributed by atoms with Crippen molar-refractivity contribution < 1.29 is 12.8 Å². The minimum Gasteiger partial charge on any atom is -0.463 e. The lowest BCUT2D eigenvalue weighted by Gasteiger charge is -2.10. The standard InChI is InChI=1S/C8H11NO3S/c1-5-8(9)6-2-3-13(10,11)4-7(6)12-5/h2-4,9H2,1H3. The molecule has 4 nitrogen and oxygen atoms in total. The largest absolute Gasteiger partial charge is 0.463 e. The number of furan rings is 1. The van der Waals surface area contributed by atoms with Gasteiger partial charge in [0.15, 0.2) is 9.84 Å². The Balaban J connectivity index is 2.54. The Morgan fingerprint density at radius 1 is 1.46 bits per heavy atom. The number of sulfone groups is 1. The molecule has 0 fully saturated rings. The second kappa shape index (κ2) is 2.51. The number of hydrogen-bond donors (Lipinski definition) is 1. The molecule has 0 spiro atoms. The summed E-state index contributed by atoms with van der Waals surface area (Å²) in [5.74, 6) is 1.34. The normalized spacial score (nSPS) is 19.8. The monoisotopic (exact) mass is 201 g/mol. The van der Waals surface area contributed by atoms with Gasteiger partial charge < -0.3 is 10.2 Å². The lowest BCUT2D eigenvalue weighted by molar-refractivity contribution is 0.489. The summed E-state index contributed by atoms with van der Waals surface area (Å²) in [4.78, 5) is 0. The average molecular weight is 201 g/mol. The number of rotatable bonds is 0. The maximum absolute atomic E-state index is 11.2. The number of aryl methyl sites for hydroxylation is 1. The molecule has 0 aliphatic carbocycles. The van der Waals surface area contributed by atoms with Crippen molar-refractivity contribution >= 4 is 15.5 Å². The van der Waals surface area contributed by atoms with Gasteiger partial charge in [0.2, 0.25) is 0 Å². The van der Waals surface area contributed by atoms with Gasteiger partial charge in [-0.1, -0.05) is 0 Å². The summed E-state index contributed by atoms with van der Waals surface area (Å²) in [6.45, 7) is 1.75. The van der Waals surface area contributed by atoms with Crippen LogP contribution in [0.4, 0.5) is 5.69 Å². The Morgan fingerprint density at radius 3 is 2.85 bits per heavy atom. The van der Waals surface area contributed by atoms with Gasteiger partial charge in [0.1, 0.15) is 17.3 Å². The molecule has 0 aromatic carbocycles. The third-order valence-electron chi connectivity index (χ3n) is 2.33. The smallest absolute Gasteiger partial charge is 0.157 e. The summed E-state index contributed by atoms with van der Waals surface area (Å²) < 4.78 is 27.7. The molecule has 1 aromatic heterocycles. The van der Waals surface area contributed by atoms with Crippen molar-refractivity contribution in [1.82, 2.24) is 0 Å². The van der Waals surface area contributed by atoms with Gasteiger partial charge in [-0.05, 0) is 13.3 Å². The Morgan fingerprint density at radius 2 is 2.15 bits per heavy atom. The molecule has 2 N–H and O–H groups in total. The quantitative estimate of drug-likeness (QED) is 0.668. The Labute approximate surface area is 76.6 Å². The molecule has 0 saturated heterocycles. The van der Waals surface area contributed by atoms with Crippen LogP contribution in [0.2, 0.25) is 0 Å². The van der Waals surface area contributed by atoms with Crippen LogP contribution in [0.15, 0.2) is 4.42 Å². The summed E-state index contributed by atoms with van der Waals surface area (Å²) >= 11 is 0. The molecule has 1 aromatic rings. The zero-order valence-electron chi connectivity index (χ0n) is 7.33. The predicted octanol–water partition coefficient (Wildman–Crippen LogP) is 0.641. The molecule has 0 amide bonds. The van der Waals surface area contributed by atoms with E-state index in [0.29, 0.717) is 23.6 Å². The third kappa shape index (κ3) is 1.33. The molecule has 0 atom stereocenters. The lowest BCUT2D eigenvalue weighted by Crippen LogP contribution is -2.18. The van der Waals surface area contributed by atoms with E-state index in [-0.39, 0.29) is 11.5 Å². The van der Waals surface area contributed by atoms with E-state index in [0.717, 1.165) is 5.56 Å². The van der Waals surface area contributed by atoms with E-state index in [1.54, 1.807) is 6.92 Å². The first-order valence-electron chi connectivity index (χ1n) is 4.06. The number of fused-ring (bicyclic) bond motifs is 1. The molecule has 0 unspecified atom stereocenters. The molecule has 0 radical (unpaired) electrons. The fraction of sp³-hybridized carbons (Fsp3) is 0.500. The fourth-order valence-corrected chi connectivity index (χ4v) is 2.88. The summed E-state index contributed by atoms with van der Waals surface area (Å²) in [6, 6.07) is 0. The van der Waals surface area contributed by atoms with Crippen LogP contribution in [-0.2, 0) is 22.0 Å². The van der Waals surface area contributed by atoms with Gasteiger partial charge in [0.05, 0.1) is 11.4 Å². The van der Waals surface area contributed by atoms with E-state index in [1.165, 1.54) is 0 Å². The van der Waals surface area contributed by atoms with E-state index in [4.69, 9.17) is 10.2 Å². The Hall–Kier alpha value is -0.970. The van der Waals surface area contributed by atoms with Crippen LogP contribution in [-0.4, -0.2) is 14.2 Å². The zero-order valence-corrected chi connectivity index (χ0v) is 8.15. The van der Waals surface area contributed by atoms with Crippen molar-refractivity contribution in [2.75, 3.05) is 11.5 Å². The van der Waals surface area contributed by atoms with Crippen molar-refractivity contribution in [3.05, 3.63) is 17.1 Å². The highest BCUT2D eigenvalue weighted by atomic mass is 32.2. The predicted molar refractivity (Wildman–Crippen MR) is 49.1 cm³/mol. The molecule has 1 aliphatic rings. The van der Waals surface area contributed by atoms with Crippen LogP contribution in [0.25, 0.3) is 0 Å². The molecule has 2 heterocycles. The van der Waals surface area contributed by atoms with Gasteiger partial charge in [-0.25, -0.2) is 8.42 Å². The maximum Gasteiger partial charge on any atom is 0.157 e. The highest BCUT2D eigenvalue weighted by Gasteiger charge is 2.27. The van der Waals surface area contributed by atoms with Crippen molar-refractivity contribution in [2.24, 2.45) is 0 Å². The molecule has 5 heteroatoms. The fourth-order valence-electron chi connectivity index (χ4n) is 1.58. The molecular weight excluding hydrogens is 190 g/mol. The number of nitrogens with two attached hydrogens (primary N) is 1. The Bertz CT molecular complexity index is 444. The average Bonchev–Trinajstić information content (AvgIpc) is 2.25. The molecule has 0 saturated carbocycles. The minimum absolute atomic E-state index is 0.000370. The summed E-state index contributed by atoms with van der Waals surface area (Å²) in [5, 5.41) is 0. The molecule has 0 bridgehead atoms. The second-order valence-electron chi connectivity index (χ2n) is 3.32. The van der Waals surface area contributed by atoms with Gasteiger partial charge in [0.25, 0.3) is 0 Å². The second-order valence-corrected chi connectivity index (χ2v) is 5.50. The lowest BCUT2D eigenvalue weighted by atomic mass is 10.1. The van der Waals surface area contributed by atoms with Crippen LogP contribution in [0.1, 0.15) is 17.1 Å². The maximum atomic E-state index is 11.2. The van der Waals surface area contributed by atoms with E-state index >= 15 is 0 Å². The Kier molecular flexibility index (Phi) is 1.66. The molecular formula is C8H11NO3S. The third-order valence-corrected chi connectivity index (χ3v) is 3.86. The molecule has 2 rings (SSSR count). The highest BCUT2D eigenvalue weighted by molar-refractivity contribution is 7.90. The van der Waals surface area contributed by atoms with Crippen LogP contribution in [0, 0.1) is 6.92 Å². The van der Waals surface area contributed by atoms with Crippen molar-refractivity contribution in [3.8, 4) is 0 Å². The topological polar surface area (TPSA) is 73.3 Å². The first-order chi connectivity index (χ1) is 5.99. The van der Waals surface area contributed by atoms with E-state index in [9.17, 15) is 8.42 Å². The van der Waals surface area contributed by atoms with E-state index in [2.05, 4.69) is 0 Å². The minimum atomic E-state index is -2.95. The van der Waals surface area contributed by atoms with Crippen molar-refractivity contribution in [3.63, 3.8) is 0 Å². The molecule has 13 heavy (non-hydrogen) atoms. The number of hydrogen-bond acceptors (Lipinski definition) is 4. The van der Waals surface area contributed by atoms with Gasteiger partial charge >= 0.3 is 0 Å². The number of anilines is 1. The molecule has 1 aliphatic heterocycles. The van der Waals surface area contributed by atoms with Crippen LogP contribution >= 0.6 is 0 Å². The molecule has 72 valence electrons. The first kappa shape index (κ1) is 8.62.